The fraction of sp³-hybridized carbons (Fsp3) is 0.839. The zero-order valence-electron chi connectivity index (χ0n) is 22.3. The summed E-state index contributed by atoms with van der Waals surface area (Å²) in [6.07, 6.45) is 30.8. The summed E-state index contributed by atoms with van der Waals surface area (Å²) in [5.74, 6) is 2.74. The Kier molecular flexibility index (Phi) is 9.51. The number of aromatic nitrogens is 2. The molecule has 0 spiro atoms. The predicted molar refractivity (Wildman–Crippen MR) is 147 cm³/mol. The normalized spacial score (nSPS) is 28.3. The van der Waals surface area contributed by atoms with Crippen molar-refractivity contribution >= 4 is 11.7 Å². The minimum atomic E-state index is 0.541. The van der Waals surface area contributed by atoms with Gasteiger partial charge in [0.1, 0.15) is 0 Å². The van der Waals surface area contributed by atoms with Crippen LogP contribution in [0.15, 0.2) is 11.2 Å². The predicted octanol–water partition coefficient (Wildman–Crippen LogP) is 8.76. The van der Waals surface area contributed by atoms with Gasteiger partial charge in [-0.3, -0.25) is 4.99 Å². The average molecular weight is 479 g/mol. The van der Waals surface area contributed by atoms with E-state index in [1.165, 1.54) is 146 Å². The van der Waals surface area contributed by atoms with Crippen LogP contribution in [0.3, 0.4) is 0 Å². The summed E-state index contributed by atoms with van der Waals surface area (Å²) in [6, 6.07) is 0.541. The molecule has 3 saturated carbocycles. The van der Waals surface area contributed by atoms with Crippen LogP contribution in [-0.4, -0.2) is 21.7 Å². The first-order valence-corrected chi connectivity index (χ1v) is 15.5. The lowest BCUT2D eigenvalue weighted by Gasteiger charge is -2.31. The van der Waals surface area contributed by atoms with Crippen LogP contribution in [0.5, 0.6) is 0 Å². The number of aliphatic imine (C=N–C) groups is 1. The lowest BCUT2D eigenvalue weighted by Crippen LogP contribution is -2.29. The smallest absolute Gasteiger partial charge is 0.223 e. The Labute approximate surface area is 214 Å². The van der Waals surface area contributed by atoms with E-state index in [4.69, 9.17) is 15.0 Å². The molecule has 3 aliphatic carbocycles. The number of anilines is 1. The molecule has 194 valence electrons. The van der Waals surface area contributed by atoms with E-state index in [2.05, 4.69) is 11.5 Å². The molecule has 0 amide bonds. The van der Waals surface area contributed by atoms with Gasteiger partial charge >= 0.3 is 0 Å². The highest BCUT2D eigenvalue weighted by molar-refractivity contribution is 5.90. The highest BCUT2D eigenvalue weighted by Crippen LogP contribution is 2.43. The highest BCUT2D eigenvalue weighted by Gasteiger charge is 2.36. The van der Waals surface area contributed by atoms with Gasteiger partial charge in [-0.1, -0.05) is 96.3 Å². The van der Waals surface area contributed by atoms with Crippen LogP contribution >= 0.6 is 0 Å². The number of nitrogens with one attached hydrogen (secondary N) is 1. The second kappa shape index (κ2) is 13.2. The average Bonchev–Trinajstić information content (AvgIpc) is 3.18. The van der Waals surface area contributed by atoms with Gasteiger partial charge in [-0.05, 0) is 44.4 Å². The highest BCUT2D eigenvalue weighted by atomic mass is 15.1. The summed E-state index contributed by atoms with van der Waals surface area (Å²) in [4.78, 5) is 15.6. The van der Waals surface area contributed by atoms with E-state index >= 15 is 0 Å². The quantitative estimate of drug-likeness (QED) is 0.472. The van der Waals surface area contributed by atoms with Crippen LogP contribution in [0.2, 0.25) is 0 Å². The minimum Gasteiger partial charge on any atom is -0.351 e. The van der Waals surface area contributed by atoms with Crippen molar-refractivity contribution in [2.45, 2.75) is 153 Å². The maximum atomic E-state index is 5.42. The van der Waals surface area contributed by atoms with Crippen LogP contribution in [0.1, 0.15) is 152 Å². The monoisotopic (exact) mass is 478 g/mol. The first-order chi connectivity index (χ1) is 17.4. The third-order valence-corrected chi connectivity index (χ3v) is 9.54. The molecule has 4 nitrogen and oxygen atoms in total. The zero-order chi connectivity index (χ0) is 23.7. The summed E-state index contributed by atoms with van der Waals surface area (Å²) >= 11 is 0. The summed E-state index contributed by atoms with van der Waals surface area (Å²) in [5.41, 5.74) is 4.24. The molecule has 5 rings (SSSR count). The van der Waals surface area contributed by atoms with E-state index in [0.717, 1.165) is 12.5 Å². The van der Waals surface area contributed by atoms with E-state index in [1.54, 1.807) is 5.71 Å². The van der Waals surface area contributed by atoms with Gasteiger partial charge in [0.2, 0.25) is 5.95 Å². The van der Waals surface area contributed by atoms with Crippen molar-refractivity contribution in [2.75, 3.05) is 5.32 Å². The van der Waals surface area contributed by atoms with Crippen molar-refractivity contribution in [3.63, 3.8) is 0 Å². The number of nitrogens with zero attached hydrogens (tertiary/aromatic N) is 3. The van der Waals surface area contributed by atoms with E-state index in [-0.39, 0.29) is 0 Å². The molecular formula is C31H50N4. The molecule has 2 atom stereocenters. The van der Waals surface area contributed by atoms with E-state index in [0.29, 0.717) is 23.8 Å². The first kappa shape index (κ1) is 25.2. The van der Waals surface area contributed by atoms with Gasteiger partial charge < -0.3 is 5.32 Å². The van der Waals surface area contributed by atoms with Gasteiger partial charge in [-0.2, -0.15) is 0 Å². The van der Waals surface area contributed by atoms with Gasteiger partial charge in [0, 0.05) is 35.3 Å². The molecule has 2 unspecified atom stereocenters. The molecule has 4 aliphatic rings. The zero-order valence-corrected chi connectivity index (χ0v) is 22.3. The Hall–Kier alpha value is -1.45. The molecule has 1 aromatic rings. The lowest BCUT2D eigenvalue weighted by molar-refractivity contribution is 0.424. The van der Waals surface area contributed by atoms with Gasteiger partial charge in [0.25, 0.3) is 0 Å². The molecule has 0 aromatic carbocycles. The molecular weight excluding hydrogens is 428 g/mol. The first-order valence-electron chi connectivity index (χ1n) is 15.5. The van der Waals surface area contributed by atoms with Crippen LogP contribution < -0.4 is 5.32 Å². The fourth-order valence-corrected chi connectivity index (χ4v) is 7.54. The Morgan fingerprint density at radius 1 is 0.600 bits per heavy atom. The van der Waals surface area contributed by atoms with Crippen molar-refractivity contribution in [3.8, 4) is 0 Å². The number of fused-ring (bicyclic) bond motifs is 3. The summed E-state index contributed by atoms with van der Waals surface area (Å²) in [5, 5.41) is 3.77. The molecule has 35 heavy (non-hydrogen) atoms. The van der Waals surface area contributed by atoms with Crippen molar-refractivity contribution in [3.05, 3.63) is 17.5 Å². The molecule has 4 heteroatoms. The molecule has 0 bridgehead atoms. The lowest BCUT2D eigenvalue weighted by atomic mass is 9.75. The maximum Gasteiger partial charge on any atom is 0.223 e. The topological polar surface area (TPSA) is 50.2 Å². The third kappa shape index (κ3) is 6.86. The maximum absolute atomic E-state index is 5.42. The SMILES string of the molecule is c1nc(NC2CCCCCCC2)nc2c1CN=C(C1CCCCCCCCC1)C1CCCCCC21. The minimum absolute atomic E-state index is 0.541. The van der Waals surface area contributed by atoms with Gasteiger partial charge in [-0.25, -0.2) is 9.97 Å². The van der Waals surface area contributed by atoms with Crippen molar-refractivity contribution in [2.24, 2.45) is 16.8 Å². The molecule has 0 radical (unpaired) electrons. The van der Waals surface area contributed by atoms with E-state index in [1.807, 2.05) is 0 Å². The number of hydrogen-bond donors (Lipinski definition) is 1. The molecule has 3 fully saturated rings. The second-order valence-corrected chi connectivity index (χ2v) is 12.1. The number of hydrogen-bond acceptors (Lipinski definition) is 4. The largest absolute Gasteiger partial charge is 0.351 e. The van der Waals surface area contributed by atoms with Crippen LogP contribution in [0.4, 0.5) is 5.95 Å². The van der Waals surface area contributed by atoms with Gasteiger partial charge in [0.15, 0.2) is 0 Å². The summed E-state index contributed by atoms with van der Waals surface area (Å²) < 4.78 is 0. The molecule has 1 N–H and O–H groups in total. The van der Waals surface area contributed by atoms with Gasteiger partial charge in [0.05, 0.1) is 12.2 Å². The van der Waals surface area contributed by atoms with Crippen molar-refractivity contribution < 1.29 is 0 Å². The second-order valence-electron chi connectivity index (χ2n) is 12.1. The van der Waals surface area contributed by atoms with E-state index in [9.17, 15) is 0 Å². The molecule has 1 aromatic heterocycles. The number of rotatable bonds is 3. The fourth-order valence-electron chi connectivity index (χ4n) is 7.54. The van der Waals surface area contributed by atoms with Crippen molar-refractivity contribution in [1.82, 2.24) is 9.97 Å². The van der Waals surface area contributed by atoms with E-state index < -0.39 is 0 Å². The molecule has 1 aliphatic heterocycles. The molecule has 2 heterocycles. The summed E-state index contributed by atoms with van der Waals surface area (Å²) in [7, 11) is 0. The van der Waals surface area contributed by atoms with Crippen molar-refractivity contribution in [1.29, 1.82) is 0 Å². The summed E-state index contributed by atoms with van der Waals surface area (Å²) in [6.45, 7) is 0.803. The Bertz CT molecular complexity index is 800. The van der Waals surface area contributed by atoms with Crippen LogP contribution in [0, 0.1) is 11.8 Å². The van der Waals surface area contributed by atoms with Gasteiger partial charge in [-0.15, -0.1) is 0 Å². The standard InChI is InChI=1S/C31H50N4/c1-2-5-10-16-24(17-11-6-3-1)29-27-20-14-9-15-21-28(27)30-25(22-32-29)23-33-31(35-30)34-26-18-12-7-4-8-13-19-26/h23-24,26-28H,1-22H2,(H,33,34,35). The Balaban J connectivity index is 1.37. The Morgan fingerprint density at radius 2 is 1.14 bits per heavy atom. The third-order valence-electron chi connectivity index (χ3n) is 9.54. The Morgan fingerprint density at radius 3 is 1.83 bits per heavy atom. The van der Waals surface area contributed by atoms with Crippen LogP contribution in [0.25, 0.3) is 0 Å². The van der Waals surface area contributed by atoms with Crippen LogP contribution in [-0.2, 0) is 6.54 Å². The molecule has 0 saturated heterocycles.